The lowest BCUT2D eigenvalue weighted by atomic mass is 9.88. The molecule has 3 unspecified atom stereocenters. The van der Waals surface area contributed by atoms with Crippen LogP contribution in [0.2, 0.25) is 0 Å². The molecule has 0 aromatic carbocycles. The van der Waals surface area contributed by atoms with Gasteiger partial charge >= 0.3 is 0 Å². The zero-order valence-electron chi connectivity index (χ0n) is 14.2. The monoisotopic (exact) mass is 311 g/mol. The van der Waals surface area contributed by atoms with Gasteiger partial charge < -0.3 is 15.7 Å². The minimum Gasteiger partial charge on any atom is -0.393 e. The van der Waals surface area contributed by atoms with Crippen molar-refractivity contribution in [2.45, 2.75) is 70.6 Å². The highest BCUT2D eigenvalue weighted by Crippen LogP contribution is 2.23. The normalized spacial score (nSPS) is 29.2. The lowest BCUT2D eigenvalue weighted by molar-refractivity contribution is -0.119. The number of amides is 1. The zero-order valence-corrected chi connectivity index (χ0v) is 14.2. The van der Waals surface area contributed by atoms with Crippen molar-refractivity contribution < 1.29 is 9.90 Å². The summed E-state index contributed by atoms with van der Waals surface area (Å²) in [5.41, 5.74) is 0. The fourth-order valence-corrected chi connectivity index (χ4v) is 3.88. The maximum absolute atomic E-state index is 11.0. The molecule has 5 nitrogen and oxygen atoms in total. The average molecular weight is 311 g/mol. The molecule has 3 N–H and O–H groups in total. The van der Waals surface area contributed by atoms with Gasteiger partial charge in [0.15, 0.2) is 0 Å². The lowest BCUT2D eigenvalue weighted by Crippen LogP contribution is -2.54. The molecule has 0 aromatic rings. The Labute approximate surface area is 134 Å². The second kappa shape index (κ2) is 8.85. The summed E-state index contributed by atoms with van der Waals surface area (Å²) >= 11 is 0. The van der Waals surface area contributed by atoms with Crippen LogP contribution in [0.3, 0.4) is 0 Å². The number of aliphatic hydroxyl groups excluding tert-OH is 1. The van der Waals surface area contributed by atoms with Crippen LogP contribution in [0.15, 0.2) is 0 Å². The number of likely N-dealkylation sites (tertiary alicyclic amines) is 1. The topological polar surface area (TPSA) is 64.6 Å². The van der Waals surface area contributed by atoms with Crippen LogP contribution in [0.25, 0.3) is 0 Å². The molecule has 5 heteroatoms. The first kappa shape index (κ1) is 17.7. The van der Waals surface area contributed by atoms with Gasteiger partial charge in [0.05, 0.1) is 6.10 Å². The van der Waals surface area contributed by atoms with Crippen LogP contribution in [0.4, 0.5) is 0 Å². The van der Waals surface area contributed by atoms with Gasteiger partial charge in [0.25, 0.3) is 0 Å². The zero-order chi connectivity index (χ0) is 15.9. The van der Waals surface area contributed by atoms with E-state index in [0.717, 1.165) is 26.1 Å². The third kappa shape index (κ3) is 5.86. The van der Waals surface area contributed by atoms with Crippen molar-refractivity contribution in [1.29, 1.82) is 0 Å². The van der Waals surface area contributed by atoms with Crippen LogP contribution in [-0.4, -0.2) is 60.3 Å². The number of hydrogen-bond donors (Lipinski definition) is 3. The van der Waals surface area contributed by atoms with Crippen LogP contribution >= 0.6 is 0 Å². The Balaban J connectivity index is 1.83. The van der Waals surface area contributed by atoms with Crippen LogP contribution in [0, 0.1) is 5.92 Å². The van der Waals surface area contributed by atoms with Crippen molar-refractivity contribution in [3.05, 3.63) is 0 Å². The third-order valence-electron chi connectivity index (χ3n) is 5.12. The molecule has 1 saturated heterocycles. The molecular formula is C17H33N3O2. The quantitative estimate of drug-likeness (QED) is 0.688. The first-order valence-corrected chi connectivity index (χ1v) is 8.95. The molecule has 2 rings (SSSR count). The summed E-state index contributed by atoms with van der Waals surface area (Å²) in [6, 6.07) is 1.12. The Bertz CT molecular complexity index is 343. The molecule has 0 spiro atoms. The number of carbonyl (C=O) groups is 1. The lowest BCUT2D eigenvalue weighted by Gasteiger charge is -2.41. The summed E-state index contributed by atoms with van der Waals surface area (Å²) in [5.74, 6) is 0.355. The summed E-state index contributed by atoms with van der Waals surface area (Å²) in [5, 5.41) is 16.7. The van der Waals surface area contributed by atoms with Gasteiger partial charge in [-0.1, -0.05) is 19.3 Å². The number of piperidine rings is 1. The Morgan fingerprint density at radius 3 is 2.59 bits per heavy atom. The van der Waals surface area contributed by atoms with E-state index in [4.69, 9.17) is 0 Å². The van der Waals surface area contributed by atoms with Crippen molar-refractivity contribution in [3.8, 4) is 0 Å². The molecule has 3 atom stereocenters. The summed E-state index contributed by atoms with van der Waals surface area (Å²) in [6.45, 7) is 6.98. The predicted molar refractivity (Wildman–Crippen MR) is 88.7 cm³/mol. The number of nitrogens with zero attached hydrogens (tertiary/aromatic N) is 1. The van der Waals surface area contributed by atoms with Gasteiger partial charge in [0.1, 0.15) is 0 Å². The van der Waals surface area contributed by atoms with E-state index in [0.29, 0.717) is 24.5 Å². The summed E-state index contributed by atoms with van der Waals surface area (Å²) in [7, 11) is 0. The molecule has 1 heterocycles. The molecule has 0 bridgehead atoms. The molecule has 2 aliphatic rings. The molecule has 2 fully saturated rings. The van der Waals surface area contributed by atoms with Gasteiger partial charge in [0.2, 0.25) is 5.91 Å². The molecule has 0 aromatic heterocycles. The van der Waals surface area contributed by atoms with Crippen molar-refractivity contribution in [2.24, 2.45) is 5.92 Å². The van der Waals surface area contributed by atoms with E-state index < -0.39 is 0 Å². The van der Waals surface area contributed by atoms with Crippen molar-refractivity contribution in [1.82, 2.24) is 15.5 Å². The smallest absolute Gasteiger partial charge is 0.216 e. The van der Waals surface area contributed by atoms with Crippen molar-refractivity contribution >= 4 is 5.91 Å². The molecule has 1 aliphatic heterocycles. The fourth-order valence-electron chi connectivity index (χ4n) is 3.88. The van der Waals surface area contributed by atoms with Crippen molar-refractivity contribution in [2.75, 3.05) is 26.2 Å². The maximum Gasteiger partial charge on any atom is 0.216 e. The first-order chi connectivity index (χ1) is 10.5. The van der Waals surface area contributed by atoms with E-state index in [1.807, 2.05) is 6.92 Å². The van der Waals surface area contributed by atoms with Crippen molar-refractivity contribution in [3.63, 3.8) is 0 Å². The molecule has 128 valence electrons. The average Bonchev–Trinajstić information content (AvgIpc) is 2.47. The maximum atomic E-state index is 11.0. The highest BCUT2D eigenvalue weighted by atomic mass is 16.3. The van der Waals surface area contributed by atoms with E-state index in [1.165, 1.54) is 32.1 Å². The van der Waals surface area contributed by atoms with Gasteiger partial charge in [-0.3, -0.25) is 9.69 Å². The third-order valence-corrected chi connectivity index (χ3v) is 5.12. The predicted octanol–water partition coefficient (Wildman–Crippen LogP) is 1.12. The van der Waals surface area contributed by atoms with Gasteiger partial charge in [-0.05, 0) is 32.1 Å². The second-order valence-corrected chi connectivity index (χ2v) is 7.18. The highest BCUT2D eigenvalue weighted by molar-refractivity contribution is 5.72. The molecule has 22 heavy (non-hydrogen) atoms. The van der Waals surface area contributed by atoms with Crippen LogP contribution in [-0.2, 0) is 4.79 Å². The van der Waals surface area contributed by atoms with Gasteiger partial charge in [0, 0.05) is 45.2 Å². The fraction of sp³-hybridized carbons (Fsp3) is 0.941. The number of hydrogen-bond acceptors (Lipinski definition) is 4. The van der Waals surface area contributed by atoms with E-state index >= 15 is 0 Å². The number of aliphatic hydroxyl groups is 1. The van der Waals surface area contributed by atoms with Crippen LogP contribution in [0.1, 0.15) is 52.4 Å². The SMILES string of the molecule is CC(=O)NCCN1CC(NC2CCCCC2)CC(C(C)O)C1. The minimum atomic E-state index is -0.265. The summed E-state index contributed by atoms with van der Waals surface area (Å²) in [4.78, 5) is 13.4. The molecule has 1 amide bonds. The van der Waals surface area contributed by atoms with Gasteiger partial charge in [-0.15, -0.1) is 0 Å². The second-order valence-electron chi connectivity index (χ2n) is 7.18. The highest BCUT2D eigenvalue weighted by Gasteiger charge is 2.31. The summed E-state index contributed by atoms with van der Waals surface area (Å²) in [6.07, 6.45) is 7.45. The molecule has 1 saturated carbocycles. The Hall–Kier alpha value is -0.650. The van der Waals surface area contributed by atoms with E-state index in [-0.39, 0.29) is 12.0 Å². The Kier molecular flexibility index (Phi) is 7.12. The van der Waals surface area contributed by atoms with Crippen LogP contribution < -0.4 is 10.6 Å². The van der Waals surface area contributed by atoms with Gasteiger partial charge in [-0.2, -0.15) is 0 Å². The Morgan fingerprint density at radius 1 is 1.23 bits per heavy atom. The van der Waals surface area contributed by atoms with E-state index in [2.05, 4.69) is 15.5 Å². The first-order valence-electron chi connectivity index (χ1n) is 8.95. The molecule has 1 aliphatic carbocycles. The Morgan fingerprint density at radius 2 is 1.95 bits per heavy atom. The van der Waals surface area contributed by atoms with Gasteiger partial charge in [-0.25, -0.2) is 0 Å². The molecule has 0 radical (unpaired) electrons. The molecular weight excluding hydrogens is 278 g/mol. The minimum absolute atomic E-state index is 0.0287. The van der Waals surface area contributed by atoms with E-state index in [9.17, 15) is 9.90 Å². The summed E-state index contributed by atoms with van der Waals surface area (Å²) < 4.78 is 0. The number of carbonyl (C=O) groups excluding carboxylic acids is 1. The van der Waals surface area contributed by atoms with E-state index in [1.54, 1.807) is 6.92 Å². The standard InChI is InChI=1S/C17H33N3O2/c1-13(21)15-10-17(19-16-6-4-3-5-7-16)12-20(11-15)9-8-18-14(2)22/h13,15-17,19,21H,3-12H2,1-2H3,(H,18,22). The largest absolute Gasteiger partial charge is 0.393 e. The number of nitrogens with one attached hydrogen (secondary N) is 2. The van der Waals surface area contributed by atoms with Crippen LogP contribution in [0.5, 0.6) is 0 Å². The number of rotatable bonds is 6.